The predicted octanol–water partition coefficient (Wildman–Crippen LogP) is -0.792. The number of urea groups is 1. The zero-order valence-corrected chi connectivity index (χ0v) is 20.0. The third kappa shape index (κ3) is 3.83. The van der Waals surface area contributed by atoms with Crippen molar-refractivity contribution in [3.63, 3.8) is 0 Å². The fourth-order valence-electron chi connectivity index (χ4n) is 5.28. The maximum absolute atomic E-state index is 13.2. The van der Waals surface area contributed by atoms with Crippen LogP contribution in [0.1, 0.15) is 11.1 Å². The number of carbonyl (C=O) groups is 3. The molecule has 1 aromatic heterocycles. The molecule has 4 amide bonds. The van der Waals surface area contributed by atoms with E-state index in [2.05, 4.69) is 27.2 Å². The molecule has 2 fully saturated rings. The number of nitrogens with zero attached hydrogens (tertiary/aromatic N) is 4. The number of aromatic hydroxyl groups is 1. The summed E-state index contributed by atoms with van der Waals surface area (Å²) in [6.07, 6.45) is 2.59. The average Bonchev–Trinajstić information content (AvgIpc) is 2.84. The zero-order valence-electron chi connectivity index (χ0n) is 20.0. The number of aromatic amines is 1. The minimum absolute atomic E-state index is 0.0119. The van der Waals surface area contributed by atoms with Gasteiger partial charge in [-0.2, -0.15) is 0 Å². The van der Waals surface area contributed by atoms with Crippen LogP contribution in [0.25, 0.3) is 0 Å². The van der Waals surface area contributed by atoms with Crippen LogP contribution in [0.3, 0.4) is 0 Å². The highest BCUT2D eigenvalue weighted by Crippen LogP contribution is 2.45. The maximum atomic E-state index is 13.2. The van der Waals surface area contributed by atoms with Gasteiger partial charge in [0.2, 0.25) is 17.7 Å². The summed E-state index contributed by atoms with van der Waals surface area (Å²) in [4.78, 5) is 72.9. The van der Waals surface area contributed by atoms with Crippen molar-refractivity contribution in [2.75, 3.05) is 31.6 Å². The Morgan fingerprint density at radius 1 is 1.16 bits per heavy atom. The van der Waals surface area contributed by atoms with E-state index in [1.165, 1.54) is 6.08 Å². The number of nitrogens with one attached hydrogen (secondary N) is 3. The smallest absolute Gasteiger partial charge is 0.331 e. The van der Waals surface area contributed by atoms with E-state index in [9.17, 15) is 29.1 Å². The Balaban J connectivity index is 1.56. The van der Waals surface area contributed by atoms with Gasteiger partial charge in [0.25, 0.3) is 5.56 Å². The number of H-pyrrole nitrogens is 1. The summed E-state index contributed by atoms with van der Waals surface area (Å²) >= 11 is 0. The van der Waals surface area contributed by atoms with Gasteiger partial charge in [-0.15, -0.1) is 6.58 Å². The highest BCUT2D eigenvalue weighted by molar-refractivity contribution is 6.20. The van der Waals surface area contributed by atoms with Crippen molar-refractivity contribution in [2.24, 2.45) is 10.4 Å². The van der Waals surface area contributed by atoms with Gasteiger partial charge >= 0.3 is 11.7 Å². The minimum Gasteiger partial charge on any atom is -0.494 e. The van der Waals surface area contributed by atoms with Crippen molar-refractivity contribution in [3.05, 3.63) is 62.8 Å². The number of allylic oxidation sites excluding steroid dienone is 1. The lowest BCUT2D eigenvalue weighted by Crippen LogP contribution is -2.74. The van der Waals surface area contributed by atoms with Gasteiger partial charge in [0.05, 0.1) is 11.7 Å². The molecule has 0 aliphatic carbocycles. The molecule has 3 aliphatic heterocycles. The molecule has 2 aromatic rings. The minimum atomic E-state index is -1.52. The lowest BCUT2D eigenvalue weighted by atomic mass is 9.68. The number of anilines is 1. The number of hydrogen-bond acceptors (Lipinski definition) is 9. The monoisotopic (exact) mass is 507 g/mol. The second kappa shape index (κ2) is 8.85. The molecule has 5 rings (SSSR count). The number of fused-ring (bicyclic) bond motifs is 4. The molecular weight excluding hydrogens is 482 g/mol. The number of imide groups is 2. The maximum Gasteiger partial charge on any atom is 0.331 e. The highest BCUT2D eigenvalue weighted by Gasteiger charge is 2.60. The Morgan fingerprint density at radius 2 is 1.89 bits per heavy atom. The number of amides is 4. The van der Waals surface area contributed by atoms with E-state index in [1.54, 1.807) is 12.1 Å². The quantitative estimate of drug-likeness (QED) is 0.237. The van der Waals surface area contributed by atoms with E-state index >= 15 is 0 Å². The number of hydrogen-bond donors (Lipinski definition) is 4. The molecule has 13 heteroatoms. The molecule has 13 nitrogen and oxygen atoms in total. The molecule has 1 aromatic carbocycles. The van der Waals surface area contributed by atoms with Gasteiger partial charge in [0.1, 0.15) is 5.56 Å². The number of aliphatic imine (C=N–C) groups is 1. The fraction of sp³-hybridized carbons (Fsp3) is 0.333. The molecular formula is C24H25N7O6. The van der Waals surface area contributed by atoms with E-state index in [-0.39, 0.29) is 18.5 Å². The summed E-state index contributed by atoms with van der Waals surface area (Å²) in [6, 6.07) is 3.92. The first-order valence-corrected chi connectivity index (χ1v) is 11.6. The van der Waals surface area contributed by atoms with Crippen LogP contribution in [-0.2, 0) is 22.6 Å². The first-order chi connectivity index (χ1) is 17.6. The Hall–Kier alpha value is -4.52. The molecule has 4 heterocycles. The van der Waals surface area contributed by atoms with Crippen molar-refractivity contribution in [1.29, 1.82) is 0 Å². The van der Waals surface area contributed by atoms with Crippen molar-refractivity contribution in [2.45, 2.75) is 19.0 Å². The summed E-state index contributed by atoms with van der Waals surface area (Å²) in [5, 5.41) is 14.9. The number of carbonyl (C=O) groups excluding carboxylic acids is 3. The van der Waals surface area contributed by atoms with Crippen LogP contribution >= 0.6 is 0 Å². The number of aromatic nitrogens is 2. The van der Waals surface area contributed by atoms with Gasteiger partial charge in [0.15, 0.2) is 5.41 Å². The molecule has 1 atom stereocenters. The van der Waals surface area contributed by atoms with Crippen LogP contribution in [-0.4, -0.2) is 76.3 Å². The van der Waals surface area contributed by atoms with Gasteiger partial charge in [-0.1, -0.05) is 6.08 Å². The first kappa shape index (κ1) is 24.2. The Kier molecular flexibility index (Phi) is 5.79. The van der Waals surface area contributed by atoms with Gasteiger partial charge in [-0.05, 0) is 37.2 Å². The van der Waals surface area contributed by atoms with Gasteiger partial charge in [-0.25, -0.2) is 9.59 Å². The third-order valence-electron chi connectivity index (χ3n) is 7.12. The average molecular weight is 508 g/mol. The van der Waals surface area contributed by atoms with E-state index in [0.717, 1.165) is 23.0 Å². The standard InChI is InChI=1S/C24H25N7O6/c1-3-6-31-19(33)15(18(32)26-23(31)37)11-25-14-4-5-16-13(9-14)10-24(17-12-29(2)7-8-30(16)17)20(34)27-22(36)28-21(24)35/h3-5,9,11,17,33H,1,6-8,10,12H2,2H3,(H,26,32,37)(H2,27,28,34,35,36)/t17-/m0/s1. The van der Waals surface area contributed by atoms with Crippen LogP contribution in [0.15, 0.2) is 45.4 Å². The number of rotatable bonds is 4. The second-order valence-electron chi connectivity index (χ2n) is 9.32. The normalized spacial score (nSPS) is 20.9. The van der Waals surface area contributed by atoms with Crippen LogP contribution in [0, 0.1) is 5.41 Å². The Morgan fingerprint density at radius 3 is 2.59 bits per heavy atom. The molecule has 4 N–H and O–H groups in total. The molecule has 1 spiro atoms. The summed E-state index contributed by atoms with van der Waals surface area (Å²) in [6.45, 7) is 5.26. The number of piperazine rings is 1. The SMILES string of the molecule is C=CCn1c(O)c(C=Nc2ccc3c(c2)CC2(C(=O)NC(=O)NC2=O)[C@@H]2CN(C)CCN32)c(=O)[nH]c1=O. The summed E-state index contributed by atoms with van der Waals surface area (Å²) in [7, 11) is 1.91. The molecule has 3 aliphatic rings. The summed E-state index contributed by atoms with van der Waals surface area (Å²) in [5.74, 6) is -1.84. The van der Waals surface area contributed by atoms with Crippen LogP contribution in [0.2, 0.25) is 0 Å². The zero-order chi connectivity index (χ0) is 26.5. The lowest BCUT2D eigenvalue weighted by molar-refractivity contribution is -0.147. The van der Waals surface area contributed by atoms with E-state index < -0.39 is 46.4 Å². The second-order valence-corrected chi connectivity index (χ2v) is 9.32. The summed E-state index contributed by atoms with van der Waals surface area (Å²) in [5.41, 5.74) is -1.39. The fourth-order valence-corrected chi connectivity index (χ4v) is 5.28. The van der Waals surface area contributed by atoms with E-state index in [0.29, 0.717) is 24.3 Å². The molecule has 0 bridgehead atoms. The van der Waals surface area contributed by atoms with Crippen LogP contribution in [0.4, 0.5) is 16.2 Å². The summed E-state index contributed by atoms with van der Waals surface area (Å²) < 4.78 is 0.946. The number of benzene rings is 1. The van der Waals surface area contributed by atoms with E-state index in [4.69, 9.17) is 0 Å². The Bertz CT molecular complexity index is 1470. The van der Waals surface area contributed by atoms with Crippen molar-refractivity contribution >= 4 is 35.4 Å². The predicted molar refractivity (Wildman–Crippen MR) is 133 cm³/mol. The van der Waals surface area contributed by atoms with Crippen molar-refractivity contribution < 1.29 is 19.5 Å². The van der Waals surface area contributed by atoms with E-state index in [1.807, 2.05) is 22.9 Å². The largest absolute Gasteiger partial charge is 0.494 e. The molecule has 0 saturated carbocycles. The highest BCUT2D eigenvalue weighted by atomic mass is 16.3. The first-order valence-electron chi connectivity index (χ1n) is 11.6. The third-order valence-corrected chi connectivity index (χ3v) is 7.12. The van der Waals surface area contributed by atoms with Gasteiger partial charge in [0, 0.05) is 38.1 Å². The van der Waals surface area contributed by atoms with Crippen LogP contribution < -0.4 is 26.8 Å². The Labute approximate surface area is 210 Å². The molecule has 0 unspecified atom stereocenters. The molecule has 192 valence electrons. The topological polar surface area (TPSA) is 169 Å². The number of barbiturate groups is 1. The van der Waals surface area contributed by atoms with Gasteiger partial charge in [-0.3, -0.25) is 39.6 Å². The van der Waals surface area contributed by atoms with Crippen molar-refractivity contribution in [1.82, 2.24) is 25.1 Å². The van der Waals surface area contributed by atoms with Gasteiger partial charge < -0.3 is 14.9 Å². The van der Waals surface area contributed by atoms with Crippen LogP contribution in [0.5, 0.6) is 5.88 Å². The lowest BCUT2D eigenvalue weighted by Gasteiger charge is -2.53. The molecule has 2 saturated heterocycles. The molecule has 37 heavy (non-hydrogen) atoms. The van der Waals surface area contributed by atoms with Crippen molar-refractivity contribution in [3.8, 4) is 5.88 Å². The number of likely N-dealkylation sites (N-methyl/N-ethyl adjacent to an activating group) is 1. The molecule has 0 radical (unpaired) electrons.